The molecule has 0 spiro atoms. The van der Waals surface area contributed by atoms with Crippen LogP contribution in [0.5, 0.6) is 5.88 Å². The van der Waals surface area contributed by atoms with Gasteiger partial charge in [-0.15, -0.1) is 10.2 Å². The normalized spacial score (nSPS) is 10.6. The van der Waals surface area contributed by atoms with Crippen LogP contribution in [-0.4, -0.2) is 64.6 Å². The van der Waals surface area contributed by atoms with Gasteiger partial charge >= 0.3 is 0 Å². The van der Waals surface area contributed by atoms with Crippen molar-refractivity contribution in [3.63, 3.8) is 0 Å². The summed E-state index contributed by atoms with van der Waals surface area (Å²) in [5, 5.41) is 15.3. The van der Waals surface area contributed by atoms with E-state index in [4.69, 9.17) is 4.74 Å². The highest BCUT2D eigenvalue weighted by Crippen LogP contribution is 2.15. The predicted octanol–water partition coefficient (Wildman–Crippen LogP) is 0.661. The van der Waals surface area contributed by atoms with Gasteiger partial charge in [-0.1, -0.05) is 0 Å². The van der Waals surface area contributed by atoms with E-state index in [1.165, 1.54) is 0 Å². The van der Waals surface area contributed by atoms with E-state index >= 15 is 0 Å². The van der Waals surface area contributed by atoms with E-state index in [0.29, 0.717) is 30.4 Å². The van der Waals surface area contributed by atoms with E-state index in [1.54, 1.807) is 35.0 Å². The monoisotopic (exact) mass is 318 g/mol. The molecule has 0 unspecified atom stereocenters. The summed E-state index contributed by atoms with van der Waals surface area (Å²) in [5.74, 6) is 0.940. The zero-order chi connectivity index (χ0) is 16.8. The zero-order valence-electron chi connectivity index (χ0n) is 13.9. The Kier molecular flexibility index (Phi) is 5.64. The number of ether oxygens (including phenoxy) is 1. The van der Waals surface area contributed by atoms with Crippen molar-refractivity contribution in [2.75, 3.05) is 33.8 Å². The van der Waals surface area contributed by atoms with Gasteiger partial charge in [0.2, 0.25) is 5.88 Å². The molecule has 23 heavy (non-hydrogen) atoms. The Morgan fingerprint density at radius 3 is 2.78 bits per heavy atom. The van der Waals surface area contributed by atoms with Crippen LogP contribution in [0.1, 0.15) is 23.0 Å². The van der Waals surface area contributed by atoms with E-state index in [2.05, 4.69) is 20.6 Å². The molecule has 2 rings (SSSR count). The maximum absolute atomic E-state index is 12.4. The summed E-state index contributed by atoms with van der Waals surface area (Å²) in [6.45, 7) is 5.62. The van der Waals surface area contributed by atoms with Gasteiger partial charge in [-0.05, 0) is 27.0 Å². The number of likely N-dealkylation sites (N-methyl/N-ethyl adjacent to an activating group) is 2. The van der Waals surface area contributed by atoms with Gasteiger partial charge in [0.25, 0.3) is 5.91 Å². The maximum atomic E-state index is 12.4. The largest absolute Gasteiger partial charge is 0.477 e. The number of nitrogens with zero attached hydrogens (tertiary/aromatic N) is 5. The van der Waals surface area contributed by atoms with E-state index in [1.807, 2.05) is 20.9 Å². The predicted molar refractivity (Wildman–Crippen MR) is 85.9 cm³/mol. The number of rotatable bonds is 7. The molecular weight excluding hydrogens is 296 g/mol. The number of carbonyl (C=O) groups excluding carboxylic acids is 1. The first kappa shape index (κ1) is 16.9. The molecule has 0 aliphatic rings. The summed E-state index contributed by atoms with van der Waals surface area (Å²) in [5.41, 5.74) is 1.28. The van der Waals surface area contributed by atoms with Gasteiger partial charge in [-0.3, -0.25) is 4.79 Å². The molecule has 8 nitrogen and oxygen atoms in total. The molecule has 0 atom stereocenters. The number of hydrogen-bond acceptors (Lipinski definition) is 6. The molecule has 1 amide bonds. The number of carbonyl (C=O) groups is 1. The van der Waals surface area contributed by atoms with Crippen LogP contribution in [0.4, 0.5) is 0 Å². The van der Waals surface area contributed by atoms with Crippen molar-refractivity contribution >= 4 is 5.91 Å². The minimum absolute atomic E-state index is 0.0668. The number of amides is 1. The second-order valence-corrected chi connectivity index (χ2v) is 5.05. The third-order valence-electron chi connectivity index (χ3n) is 3.42. The molecule has 0 radical (unpaired) electrons. The second-order valence-electron chi connectivity index (χ2n) is 5.05. The topological polar surface area (TPSA) is 85.2 Å². The molecule has 1 N–H and O–H groups in total. The van der Waals surface area contributed by atoms with Crippen molar-refractivity contribution in [1.82, 2.24) is 30.2 Å². The van der Waals surface area contributed by atoms with Crippen molar-refractivity contribution in [1.29, 1.82) is 0 Å². The molecule has 0 aromatic carbocycles. The summed E-state index contributed by atoms with van der Waals surface area (Å²) in [6.07, 6.45) is 1.56. The lowest BCUT2D eigenvalue weighted by molar-refractivity contribution is 0.0796. The quantitative estimate of drug-likeness (QED) is 0.807. The van der Waals surface area contributed by atoms with E-state index < -0.39 is 0 Å². The molecule has 2 aromatic rings. The average molecular weight is 318 g/mol. The fraction of sp³-hybridized carbons (Fsp3) is 0.467. The Bertz CT molecular complexity index is 652. The van der Waals surface area contributed by atoms with Gasteiger partial charge < -0.3 is 15.0 Å². The SMILES string of the molecule is CCOc1ccc(-n2ncc(C(=O)N(C)CCNC)c2C)nn1. The minimum Gasteiger partial charge on any atom is -0.477 e. The molecule has 0 saturated carbocycles. The number of nitrogens with one attached hydrogen (secondary N) is 1. The first-order valence-electron chi connectivity index (χ1n) is 7.50. The summed E-state index contributed by atoms with van der Waals surface area (Å²) in [6, 6.07) is 3.49. The summed E-state index contributed by atoms with van der Waals surface area (Å²) in [7, 11) is 3.62. The van der Waals surface area contributed by atoms with Crippen LogP contribution in [0.25, 0.3) is 5.82 Å². The molecule has 2 heterocycles. The Morgan fingerprint density at radius 2 is 2.17 bits per heavy atom. The van der Waals surface area contributed by atoms with E-state index in [-0.39, 0.29) is 5.91 Å². The van der Waals surface area contributed by atoms with Crippen LogP contribution >= 0.6 is 0 Å². The Hall–Kier alpha value is -2.48. The van der Waals surface area contributed by atoms with Crippen molar-refractivity contribution in [3.8, 4) is 11.7 Å². The van der Waals surface area contributed by atoms with Gasteiger partial charge in [0, 0.05) is 26.2 Å². The molecule has 124 valence electrons. The lowest BCUT2D eigenvalue weighted by atomic mass is 10.2. The van der Waals surface area contributed by atoms with Crippen LogP contribution in [0.3, 0.4) is 0 Å². The van der Waals surface area contributed by atoms with Crippen LogP contribution in [0.2, 0.25) is 0 Å². The number of aromatic nitrogens is 4. The average Bonchev–Trinajstić information content (AvgIpc) is 2.94. The van der Waals surface area contributed by atoms with Gasteiger partial charge in [-0.2, -0.15) is 5.10 Å². The first-order chi connectivity index (χ1) is 11.1. The Balaban J connectivity index is 2.19. The molecule has 0 bridgehead atoms. The fourth-order valence-electron chi connectivity index (χ4n) is 2.09. The highest BCUT2D eigenvalue weighted by Gasteiger charge is 2.19. The lowest BCUT2D eigenvalue weighted by Crippen LogP contribution is -2.33. The Labute approximate surface area is 135 Å². The molecule has 8 heteroatoms. The molecule has 0 saturated heterocycles. The van der Waals surface area contributed by atoms with Gasteiger partial charge in [-0.25, -0.2) is 4.68 Å². The van der Waals surface area contributed by atoms with Gasteiger partial charge in [0.05, 0.1) is 24.1 Å². The van der Waals surface area contributed by atoms with Crippen LogP contribution in [-0.2, 0) is 0 Å². The standard InChI is InChI=1S/C15H22N6O2/c1-5-23-14-7-6-13(18-19-14)21-11(2)12(10-17-21)15(22)20(4)9-8-16-3/h6-7,10,16H,5,8-9H2,1-4H3. The van der Waals surface area contributed by atoms with Crippen LogP contribution in [0, 0.1) is 6.92 Å². The summed E-state index contributed by atoms with van der Waals surface area (Å²) >= 11 is 0. The van der Waals surface area contributed by atoms with Crippen LogP contribution < -0.4 is 10.1 Å². The lowest BCUT2D eigenvalue weighted by Gasteiger charge is -2.16. The van der Waals surface area contributed by atoms with E-state index in [0.717, 1.165) is 12.2 Å². The number of hydrogen-bond donors (Lipinski definition) is 1. The molecule has 0 aliphatic carbocycles. The van der Waals surface area contributed by atoms with Crippen molar-refractivity contribution in [2.45, 2.75) is 13.8 Å². The third-order valence-corrected chi connectivity index (χ3v) is 3.42. The van der Waals surface area contributed by atoms with Crippen molar-refractivity contribution in [3.05, 3.63) is 29.6 Å². The second kappa shape index (κ2) is 7.68. The molecule has 0 aliphatic heterocycles. The van der Waals surface area contributed by atoms with Gasteiger partial charge in [0.15, 0.2) is 5.82 Å². The molecule has 2 aromatic heterocycles. The van der Waals surface area contributed by atoms with Crippen LogP contribution in [0.15, 0.2) is 18.3 Å². The highest BCUT2D eigenvalue weighted by molar-refractivity contribution is 5.95. The molecular formula is C15H22N6O2. The highest BCUT2D eigenvalue weighted by atomic mass is 16.5. The summed E-state index contributed by atoms with van der Waals surface area (Å²) in [4.78, 5) is 14.1. The first-order valence-corrected chi connectivity index (χ1v) is 7.50. The minimum atomic E-state index is -0.0668. The summed E-state index contributed by atoms with van der Waals surface area (Å²) < 4.78 is 6.87. The molecule has 0 fully saturated rings. The zero-order valence-corrected chi connectivity index (χ0v) is 13.9. The smallest absolute Gasteiger partial charge is 0.257 e. The van der Waals surface area contributed by atoms with Crippen molar-refractivity contribution < 1.29 is 9.53 Å². The van der Waals surface area contributed by atoms with Crippen molar-refractivity contribution in [2.24, 2.45) is 0 Å². The third kappa shape index (κ3) is 3.84. The van der Waals surface area contributed by atoms with Gasteiger partial charge in [0.1, 0.15) is 0 Å². The fourth-order valence-corrected chi connectivity index (χ4v) is 2.09. The van der Waals surface area contributed by atoms with E-state index in [9.17, 15) is 4.79 Å². The maximum Gasteiger partial charge on any atom is 0.257 e. The Morgan fingerprint density at radius 1 is 1.39 bits per heavy atom.